The molecule has 19 heavy (non-hydrogen) atoms. The first-order valence-corrected chi connectivity index (χ1v) is 6.18. The summed E-state index contributed by atoms with van der Waals surface area (Å²) in [6.07, 6.45) is 2.54. The van der Waals surface area contributed by atoms with E-state index in [0.717, 1.165) is 13.0 Å². The van der Waals surface area contributed by atoms with Gasteiger partial charge in [-0.05, 0) is 19.0 Å². The molecule has 0 spiro atoms. The monoisotopic (exact) mass is 264 g/mol. The van der Waals surface area contributed by atoms with Crippen LogP contribution in [0.1, 0.15) is 30.6 Å². The molecule has 0 aliphatic heterocycles. The highest BCUT2D eigenvalue weighted by Gasteiger charge is 2.20. The second kappa shape index (κ2) is 6.29. The van der Waals surface area contributed by atoms with Crippen molar-refractivity contribution in [2.75, 3.05) is 13.7 Å². The number of hydrogen-bond acceptors (Lipinski definition) is 4. The van der Waals surface area contributed by atoms with Gasteiger partial charge in [-0.3, -0.25) is 0 Å². The number of aromatic amines is 1. The number of nitrogens with zero attached hydrogens (tertiary/aromatic N) is 2. The van der Waals surface area contributed by atoms with Crippen molar-refractivity contribution in [2.24, 2.45) is 0 Å². The Morgan fingerprint density at radius 2 is 2.32 bits per heavy atom. The van der Waals surface area contributed by atoms with Crippen LogP contribution in [0.25, 0.3) is 0 Å². The molecule has 2 rings (SSSR count). The smallest absolute Gasteiger partial charge is 0.132 e. The van der Waals surface area contributed by atoms with Crippen molar-refractivity contribution in [1.82, 2.24) is 20.7 Å². The third-order valence-corrected chi connectivity index (χ3v) is 2.85. The molecule has 0 amide bonds. The van der Waals surface area contributed by atoms with Crippen LogP contribution in [0.15, 0.2) is 24.4 Å². The maximum Gasteiger partial charge on any atom is 0.132 e. The Morgan fingerprint density at radius 3 is 2.89 bits per heavy atom. The average Bonchev–Trinajstić information content (AvgIpc) is 2.94. The van der Waals surface area contributed by atoms with Gasteiger partial charge < -0.3 is 10.1 Å². The maximum atomic E-state index is 14.1. The summed E-state index contributed by atoms with van der Waals surface area (Å²) in [6.45, 7) is 2.82. The molecule has 1 aromatic heterocycles. The van der Waals surface area contributed by atoms with Gasteiger partial charge in [0.25, 0.3) is 0 Å². The molecule has 0 saturated heterocycles. The Kier molecular flexibility index (Phi) is 4.46. The van der Waals surface area contributed by atoms with Crippen LogP contribution in [0.5, 0.6) is 5.75 Å². The van der Waals surface area contributed by atoms with Gasteiger partial charge in [-0.1, -0.05) is 13.0 Å². The number of H-pyrrole nitrogens is 1. The van der Waals surface area contributed by atoms with E-state index in [1.54, 1.807) is 18.3 Å². The molecule has 0 radical (unpaired) electrons. The Bertz CT molecular complexity index is 515. The normalized spacial score (nSPS) is 12.4. The van der Waals surface area contributed by atoms with Crippen LogP contribution in [0.2, 0.25) is 0 Å². The summed E-state index contributed by atoms with van der Waals surface area (Å²) in [5, 5.41) is 13.6. The molecule has 1 heterocycles. The summed E-state index contributed by atoms with van der Waals surface area (Å²) in [6, 6.07) is 4.50. The lowest BCUT2D eigenvalue weighted by molar-refractivity contribution is 0.409. The van der Waals surface area contributed by atoms with E-state index in [4.69, 9.17) is 4.74 Å². The number of halogens is 1. The second-order valence-electron chi connectivity index (χ2n) is 4.17. The first kappa shape index (κ1) is 13.5. The number of methoxy groups -OCH3 is 1. The minimum atomic E-state index is -0.323. The minimum absolute atomic E-state index is 0.315. The third-order valence-electron chi connectivity index (χ3n) is 2.85. The van der Waals surface area contributed by atoms with Crippen molar-refractivity contribution in [1.29, 1.82) is 0 Å². The summed E-state index contributed by atoms with van der Waals surface area (Å²) < 4.78 is 19.1. The average molecular weight is 264 g/mol. The fraction of sp³-hybridized carbons (Fsp3) is 0.385. The fourth-order valence-corrected chi connectivity index (χ4v) is 1.88. The highest BCUT2D eigenvalue weighted by atomic mass is 19.1. The molecule has 0 fully saturated rings. The van der Waals surface area contributed by atoms with Crippen LogP contribution in [0, 0.1) is 5.82 Å². The number of aromatic nitrogens is 3. The molecule has 0 bridgehead atoms. The minimum Gasteiger partial charge on any atom is -0.497 e. The lowest BCUT2D eigenvalue weighted by Crippen LogP contribution is -2.24. The van der Waals surface area contributed by atoms with Gasteiger partial charge in [0.2, 0.25) is 0 Å². The standard InChI is InChI=1S/C13H17FN4O/c1-3-6-15-13(12-8-16-18-17-12)10-5-4-9(19-2)7-11(10)14/h4-5,7-8,13,15H,3,6H2,1-2H3,(H,16,17,18). The van der Waals surface area contributed by atoms with E-state index < -0.39 is 0 Å². The van der Waals surface area contributed by atoms with Crippen molar-refractivity contribution >= 4 is 0 Å². The molecule has 5 nitrogen and oxygen atoms in total. The van der Waals surface area contributed by atoms with Crippen LogP contribution < -0.4 is 10.1 Å². The van der Waals surface area contributed by atoms with Crippen LogP contribution in [-0.4, -0.2) is 29.1 Å². The van der Waals surface area contributed by atoms with Crippen LogP contribution >= 0.6 is 0 Å². The predicted molar refractivity (Wildman–Crippen MR) is 69.5 cm³/mol. The topological polar surface area (TPSA) is 62.8 Å². The van der Waals surface area contributed by atoms with Gasteiger partial charge in [-0.15, -0.1) is 0 Å². The largest absolute Gasteiger partial charge is 0.497 e. The third kappa shape index (κ3) is 3.08. The number of benzene rings is 1. The Morgan fingerprint density at radius 1 is 1.47 bits per heavy atom. The lowest BCUT2D eigenvalue weighted by Gasteiger charge is -2.17. The summed E-state index contributed by atoms with van der Waals surface area (Å²) in [7, 11) is 1.51. The van der Waals surface area contributed by atoms with E-state index in [2.05, 4.69) is 27.7 Å². The highest BCUT2D eigenvalue weighted by molar-refractivity contribution is 5.34. The summed E-state index contributed by atoms with van der Waals surface area (Å²) in [5.74, 6) is 0.173. The van der Waals surface area contributed by atoms with Gasteiger partial charge >= 0.3 is 0 Å². The molecule has 2 N–H and O–H groups in total. The van der Waals surface area contributed by atoms with E-state index in [9.17, 15) is 4.39 Å². The van der Waals surface area contributed by atoms with Gasteiger partial charge in [0.15, 0.2) is 0 Å². The highest BCUT2D eigenvalue weighted by Crippen LogP contribution is 2.25. The molecule has 6 heteroatoms. The van der Waals surface area contributed by atoms with Crippen LogP contribution in [0.4, 0.5) is 4.39 Å². The molecule has 1 unspecified atom stereocenters. The quantitative estimate of drug-likeness (QED) is 0.838. The van der Waals surface area contributed by atoms with E-state index in [-0.39, 0.29) is 11.9 Å². The summed E-state index contributed by atoms with van der Waals surface area (Å²) in [4.78, 5) is 0. The molecule has 1 aromatic carbocycles. The van der Waals surface area contributed by atoms with Gasteiger partial charge in [-0.2, -0.15) is 15.4 Å². The van der Waals surface area contributed by atoms with Crippen molar-refractivity contribution in [3.8, 4) is 5.75 Å². The van der Waals surface area contributed by atoms with Crippen LogP contribution in [-0.2, 0) is 0 Å². The number of rotatable bonds is 6. The zero-order valence-electron chi connectivity index (χ0n) is 11.0. The predicted octanol–water partition coefficient (Wildman–Crippen LogP) is 2.04. The zero-order chi connectivity index (χ0) is 13.7. The molecule has 2 aromatic rings. The first-order valence-electron chi connectivity index (χ1n) is 6.18. The van der Waals surface area contributed by atoms with Gasteiger partial charge in [-0.25, -0.2) is 4.39 Å². The molecule has 0 aliphatic carbocycles. The van der Waals surface area contributed by atoms with E-state index in [1.807, 2.05) is 0 Å². The van der Waals surface area contributed by atoms with Gasteiger partial charge in [0.1, 0.15) is 17.3 Å². The van der Waals surface area contributed by atoms with Crippen molar-refractivity contribution in [3.63, 3.8) is 0 Å². The van der Waals surface area contributed by atoms with E-state index in [1.165, 1.54) is 13.2 Å². The fourth-order valence-electron chi connectivity index (χ4n) is 1.88. The van der Waals surface area contributed by atoms with Crippen LogP contribution in [0.3, 0.4) is 0 Å². The van der Waals surface area contributed by atoms with E-state index in [0.29, 0.717) is 17.0 Å². The second-order valence-corrected chi connectivity index (χ2v) is 4.17. The SMILES string of the molecule is CCCNC(c1cn[nH]n1)c1ccc(OC)cc1F. The molecule has 102 valence electrons. The maximum absolute atomic E-state index is 14.1. The van der Waals surface area contributed by atoms with Gasteiger partial charge in [0.05, 0.1) is 19.3 Å². The first-order chi connectivity index (χ1) is 9.26. The van der Waals surface area contributed by atoms with Crippen molar-refractivity contribution < 1.29 is 9.13 Å². The zero-order valence-corrected chi connectivity index (χ0v) is 11.0. The molecular weight excluding hydrogens is 247 g/mol. The molecular formula is C13H17FN4O. The van der Waals surface area contributed by atoms with Crippen molar-refractivity contribution in [3.05, 3.63) is 41.5 Å². The van der Waals surface area contributed by atoms with Crippen molar-refractivity contribution in [2.45, 2.75) is 19.4 Å². The molecule has 0 saturated carbocycles. The Hall–Kier alpha value is -1.95. The number of hydrogen-bond donors (Lipinski definition) is 2. The summed E-state index contributed by atoms with van der Waals surface area (Å²) >= 11 is 0. The Labute approximate surface area is 111 Å². The van der Waals surface area contributed by atoms with E-state index >= 15 is 0 Å². The molecule has 1 atom stereocenters. The summed E-state index contributed by atoms with van der Waals surface area (Å²) in [5.41, 5.74) is 1.20. The van der Waals surface area contributed by atoms with Gasteiger partial charge in [0, 0.05) is 11.6 Å². The lowest BCUT2D eigenvalue weighted by atomic mass is 10.0. The molecule has 0 aliphatic rings. The number of ether oxygens (including phenoxy) is 1. The number of nitrogens with one attached hydrogen (secondary N) is 2. The Balaban J connectivity index is 2.32.